The molecule has 0 aliphatic rings. The number of benzene rings is 1. The van der Waals surface area contributed by atoms with Crippen molar-refractivity contribution in [3.63, 3.8) is 0 Å². The van der Waals surface area contributed by atoms with Crippen LogP contribution in [-0.2, 0) is 6.18 Å². The van der Waals surface area contributed by atoms with Crippen molar-refractivity contribution in [1.29, 1.82) is 0 Å². The molecule has 0 saturated heterocycles. The van der Waals surface area contributed by atoms with Crippen molar-refractivity contribution in [2.75, 3.05) is 7.11 Å². The summed E-state index contributed by atoms with van der Waals surface area (Å²) in [5, 5.41) is 11.9. The molecule has 2 nitrogen and oxygen atoms in total. The SMILES string of the molecule is COc1ccsc1C(O)c1ccc(C(F)(F)F)cc1. The van der Waals surface area contributed by atoms with E-state index in [4.69, 9.17) is 4.74 Å². The number of halogens is 3. The molecule has 1 unspecified atom stereocenters. The molecule has 102 valence electrons. The maximum Gasteiger partial charge on any atom is 0.416 e. The number of methoxy groups -OCH3 is 1. The van der Waals surface area contributed by atoms with Gasteiger partial charge in [0.05, 0.1) is 17.6 Å². The Morgan fingerprint density at radius 3 is 2.32 bits per heavy atom. The molecule has 0 aliphatic carbocycles. The van der Waals surface area contributed by atoms with Crippen molar-refractivity contribution in [2.45, 2.75) is 12.3 Å². The minimum atomic E-state index is -4.37. The number of thiophene rings is 1. The Balaban J connectivity index is 2.28. The fraction of sp³-hybridized carbons (Fsp3) is 0.231. The first kappa shape index (κ1) is 13.9. The molecule has 6 heteroatoms. The summed E-state index contributed by atoms with van der Waals surface area (Å²) in [6.07, 6.45) is -5.36. The van der Waals surface area contributed by atoms with Gasteiger partial charge in [-0.2, -0.15) is 13.2 Å². The molecular weight excluding hydrogens is 277 g/mol. The fourth-order valence-corrected chi connectivity index (χ4v) is 2.55. The number of alkyl halides is 3. The Kier molecular flexibility index (Phi) is 3.82. The summed E-state index contributed by atoms with van der Waals surface area (Å²) < 4.78 is 42.4. The second kappa shape index (κ2) is 5.22. The second-order valence-electron chi connectivity index (χ2n) is 3.88. The highest BCUT2D eigenvalue weighted by molar-refractivity contribution is 7.10. The minimum Gasteiger partial charge on any atom is -0.495 e. The zero-order valence-corrected chi connectivity index (χ0v) is 10.8. The van der Waals surface area contributed by atoms with Crippen LogP contribution in [0.2, 0.25) is 0 Å². The molecule has 1 aromatic carbocycles. The average molecular weight is 288 g/mol. The quantitative estimate of drug-likeness (QED) is 0.929. The Morgan fingerprint density at radius 1 is 1.16 bits per heavy atom. The van der Waals surface area contributed by atoms with Gasteiger partial charge in [-0.3, -0.25) is 0 Å². The lowest BCUT2D eigenvalue weighted by Crippen LogP contribution is -2.06. The molecule has 0 spiro atoms. The van der Waals surface area contributed by atoms with Crippen LogP contribution in [0, 0.1) is 0 Å². The zero-order valence-electron chi connectivity index (χ0n) is 9.94. The normalized spacial score (nSPS) is 13.3. The largest absolute Gasteiger partial charge is 0.495 e. The Bertz CT molecular complexity index is 546. The van der Waals surface area contributed by atoms with Crippen LogP contribution in [0.25, 0.3) is 0 Å². The summed E-state index contributed by atoms with van der Waals surface area (Å²) >= 11 is 1.29. The summed E-state index contributed by atoms with van der Waals surface area (Å²) in [5.41, 5.74) is -0.338. The predicted molar refractivity (Wildman–Crippen MR) is 66.4 cm³/mol. The molecule has 1 N–H and O–H groups in total. The van der Waals surface area contributed by atoms with Crippen LogP contribution in [0.3, 0.4) is 0 Å². The standard InChI is InChI=1S/C13H11F3O2S/c1-18-10-6-7-19-12(10)11(17)8-2-4-9(5-3-8)13(14,15)16/h2-7,11,17H,1H3. The topological polar surface area (TPSA) is 29.5 Å². The first-order valence-electron chi connectivity index (χ1n) is 5.40. The molecule has 2 aromatic rings. The first-order chi connectivity index (χ1) is 8.93. The molecule has 19 heavy (non-hydrogen) atoms. The van der Waals surface area contributed by atoms with Gasteiger partial charge < -0.3 is 9.84 Å². The van der Waals surface area contributed by atoms with Crippen molar-refractivity contribution in [3.05, 3.63) is 51.7 Å². The van der Waals surface area contributed by atoms with Gasteiger partial charge in [0.15, 0.2) is 0 Å². The van der Waals surface area contributed by atoms with Gasteiger partial charge in [-0.25, -0.2) is 0 Å². The molecule has 0 fully saturated rings. The number of aliphatic hydroxyl groups excluding tert-OH is 1. The Labute approximate surface area is 112 Å². The van der Waals surface area contributed by atoms with Crippen molar-refractivity contribution < 1.29 is 23.0 Å². The molecule has 1 heterocycles. The van der Waals surface area contributed by atoms with Gasteiger partial charge in [-0.1, -0.05) is 12.1 Å². The van der Waals surface area contributed by atoms with Crippen molar-refractivity contribution in [3.8, 4) is 5.75 Å². The van der Waals surface area contributed by atoms with Crippen molar-refractivity contribution in [1.82, 2.24) is 0 Å². The van der Waals surface area contributed by atoms with E-state index in [1.54, 1.807) is 11.4 Å². The second-order valence-corrected chi connectivity index (χ2v) is 4.82. The van der Waals surface area contributed by atoms with Crippen LogP contribution in [-0.4, -0.2) is 12.2 Å². The molecule has 0 radical (unpaired) electrons. The van der Waals surface area contributed by atoms with E-state index >= 15 is 0 Å². The van der Waals surface area contributed by atoms with E-state index in [1.165, 1.54) is 30.6 Å². The van der Waals surface area contributed by atoms with Gasteiger partial charge in [0.1, 0.15) is 11.9 Å². The number of rotatable bonds is 3. The summed E-state index contributed by atoms with van der Waals surface area (Å²) in [4.78, 5) is 0.572. The first-order valence-corrected chi connectivity index (χ1v) is 6.28. The van der Waals surface area contributed by atoms with E-state index in [1.807, 2.05) is 0 Å². The third-order valence-electron chi connectivity index (χ3n) is 2.68. The molecule has 0 saturated carbocycles. The van der Waals surface area contributed by atoms with E-state index < -0.39 is 17.8 Å². The summed E-state index contributed by atoms with van der Waals surface area (Å²) in [7, 11) is 1.48. The number of hydrogen-bond donors (Lipinski definition) is 1. The highest BCUT2D eigenvalue weighted by Gasteiger charge is 2.30. The Hall–Kier alpha value is -1.53. The van der Waals surface area contributed by atoms with E-state index in [-0.39, 0.29) is 0 Å². The third-order valence-corrected chi connectivity index (χ3v) is 3.63. The highest BCUT2D eigenvalue weighted by Crippen LogP contribution is 2.36. The van der Waals surface area contributed by atoms with Gasteiger partial charge in [0, 0.05) is 0 Å². The molecule has 0 bridgehead atoms. The summed E-state index contributed by atoms with van der Waals surface area (Å²) in [6, 6.07) is 6.16. The zero-order chi connectivity index (χ0) is 14.0. The van der Waals surface area contributed by atoms with Gasteiger partial charge in [-0.05, 0) is 29.1 Å². The fourth-order valence-electron chi connectivity index (χ4n) is 1.68. The molecule has 1 aromatic heterocycles. The molecular formula is C13H11F3O2S. The molecule has 1 atom stereocenters. The molecule has 2 rings (SSSR count). The molecule has 0 amide bonds. The van der Waals surface area contributed by atoms with Crippen LogP contribution >= 0.6 is 11.3 Å². The van der Waals surface area contributed by atoms with Crippen molar-refractivity contribution >= 4 is 11.3 Å². The maximum absolute atomic E-state index is 12.4. The summed E-state index contributed by atoms with van der Waals surface area (Å²) in [5.74, 6) is 0.525. The van der Waals surface area contributed by atoms with E-state index in [0.29, 0.717) is 16.2 Å². The highest BCUT2D eigenvalue weighted by atomic mass is 32.1. The third kappa shape index (κ3) is 2.90. The monoisotopic (exact) mass is 288 g/mol. The predicted octanol–water partition coefficient (Wildman–Crippen LogP) is 3.86. The van der Waals surface area contributed by atoms with Gasteiger partial charge in [0.25, 0.3) is 0 Å². The number of aliphatic hydroxyl groups is 1. The van der Waals surface area contributed by atoms with Crippen molar-refractivity contribution in [2.24, 2.45) is 0 Å². The average Bonchev–Trinajstić information content (AvgIpc) is 2.85. The van der Waals surface area contributed by atoms with E-state index in [2.05, 4.69) is 0 Å². The van der Waals surface area contributed by atoms with Crippen LogP contribution in [0.1, 0.15) is 22.1 Å². The van der Waals surface area contributed by atoms with Crippen LogP contribution in [0.5, 0.6) is 5.75 Å². The number of ether oxygens (including phenoxy) is 1. The lowest BCUT2D eigenvalue weighted by atomic mass is 10.1. The van der Waals surface area contributed by atoms with Crippen LogP contribution in [0.4, 0.5) is 13.2 Å². The lowest BCUT2D eigenvalue weighted by molar-refractivity contribution is -0.137. The van der Waals surface area contributed by atoms with Crippen LogP contribution < -0.4 is 4.74 Å². The number of hydrogen-bond acceptors (Lipinski definition) is 3. The lowest BCUT2D eigenvalue weighted by Gasteiger charge is -2.13. The van der Waals surface area contributed by atoms with Gasteiger partial charge in [0.2, 0.25) is 0 Å². The van der Waals surface area contributed by atoms with Gasteiger partial charge in [-0.15, -0.1) is 11.3 Å². The van der Waals surface area contributed by atoms with E-state index in [0.717, 1.165) is 12.1 Å². The maximum atomic E-state index is 12.4. The minimum absolute atomic E-state index is 0.397. The van der Waals surface area contributed by atoms with Gasteiger partial charge >= 0.3 is 6.18 Å². The van der Waals surface area contributed by atoms with E-state index in [9.17, 15) is 18.3 Å². The summed E-state index contributed by atoms with van der Waals surface area (Å²) in [6.45, 7) is 0. The smallest absolute Gasteiger partial charge is 0.416 e. The Morgan fingerprint density at radius 2 is 1.79 bits per heavy atom. The van der Waals surface area contributed by atoms with Crippen LogP contribution in [0.15, 0.2) is 35.7 Å². The molecule has 0 aliphatic heterocycles.